The zero-order valence-electron chi connectivity index (χ0n) is 9.82. The van der Waals surface area contributed by atoms with Crippen molar-refractivity contribution in [2.24, 2.45) is 5.92 Å². The van der Waals surface area contributed by atoms with Gasteiger partial charge in [-0.05, 0) is 26.7 Å². The normalized spacial score (nSPS) is 13.6. The molecule has 0 saturated heterocycles. The smallest absolute Gasteiger partial charge is 0.308 e. The van der Waals surface area contributed by atoms with Crippen LogP contribution in [0.15, 0.2) is 0 Å². The molecule has 0 aromatic carbocycles. The average Bonchev–Trinajstić information content (AvgIpc) is 2.23. The monoisotopic (exact) mass is 225 g/mol. The number of carbonyl (C=O) groups excluding carboxylic acids is 1. The van der Waals surface area contributed by atoms with E-state index in [1.54, 1.807) is 13.8 Å². The second kappa shape index (κ2) is 7.75. The molecule has 16 heavy (non-hydrogen) atoms. The SMILES string of the molecule is C#CCCCCC(=O)NC(C)C(C)C(=O)O. The Balaban J connectivity index is 3.79. The Kier molecular flexibility index (Phi) is 7.02. The number of terminal acetylenes is 1. The first-order chi connectivity index (χ1) is 7.49. The molecule has 4 nitrogen and oxygen atoms in total. The summed E-state index contributed by atoms with van der Waals surface area (Å²) in [5.74, 6) is 0.916. The number of aliphatic carboxylic acids is 1. The predicted molar refractivity (Wildman–Crippen MR) is 61.7 cm³/mol. The van der Waals surface area contributed by atoms with Gasteiger partial charge in [0.2, 0.25) is 5.91 Å². The second-order valence-electron chi connectivity index (χ2n) is 3.89. The van der Waals surface area contributed by atoms with Crippen LogP contribution >= 0.6 is 0 Å². The van der Waals surface area contributed by atoms with E-state index in [2.05, 4.69) is 11.2 Å². The summed E-state index contributed by atoms with van der Waals surface area (Å²) < 4.78 is 0. The van der Waals surface area contributed by atoms with E-state index < -0.39 is 11.9 Å². The van der Waals surface area contributed by atoms with Gasteiger partial charge in [0.1, 0.15) is 0 Å². The van der Waals surface area contributed by atoms with Crippen LogP contribution in [0, 0.1) is 18.3 Å². The minimum atomic E-state index is -0.903. The lowest BCUT2D eigenvalue weighted by Gasteiger charge is -2.17. The summed E-state index contributed by atoms with van der Waals surface area (Å²) in [7, 11) is 0. The summed E-state index contributed by atoms with van der Waals surface area (Å²) in [4.78, 5) is 22.0. The minimum absolute atomic E-state index is 0.113. The number of rotatable bonds is 7. The summed E-state index contributed by atoms with van der Waals surface area (Å²) in [5.41, 5.74) is 0. The largest absolute Gasteiger partial charge is 0.481 e. The van der Waals surface area contributed by atoms with E-state index in [1.807, 2.05) is 0 Å². The van der Waals surface area contributed by atoms with E-state index >= 15 is 0 Å². The lowest BCUT2D eigenvalue weighted by atomic mass is 10.0. The van der Waals surface area contributed by atoms with Crippen molar-refractivity contribution in [1.82, 2.24) is 5.32 Å². The molecule has 0 aliphatic carbocycles. The molecule has 2 unspecified atom stereocenters. The number of unbranched alkanes of at least 4 members (excludes halogenated alkanes) is 2. The summed E-state index contributed by atoms with van der Waals surface area (Å²) in [5, 5.41) is 11.4. The van der Waals surface area contributed by atoms with Gasteiger partial charge >= 0.3 is 5.97 Å². The zero-order chi connectivity index (χ0) is 12.6. The first-order valence-electron chi connectivity index (χ1n) is 5.44. The van der Waals surface area contributed by atoms with Gasteiger partial charge in [0.05, 0.1) is 5.92 Å². The maximum atomic E-state index is 11.4. The molecular weight excluding hydrogens is 206 g/mol. The molecule has 0 heterocycles. The van der Waals surface area contributed by atoms with Crippen LogP contribution in [-0.2, 0) is 9.59 Å². The van der Waals surface area contributed by atoms with Gasteiger partial charge in [0.15, 0.2) is 0 Å². The van der Waals surface area contributed by atoms with E-state index in [0.717, 1.165) is 12.8 Å². The second-order valence-corrected chi connectivity index (χ2v) is 3.89. The van der Waals surface area contributed by atoms with Crippen molar-refractivity contribution in [3.8, 4) is 12.3 Å². The third kappa shape index (κ3) is 6.07. The highest BCUT2D eigenvalue weighted by molar-refractivity contribution is 5.77. The molecule has 0 bridgehead atoms. The van der Waals surface area contributed by atoms with E-state index in [-0.39, 0.29) is 11.9 Å². The Labute approximate surface area is 96.4 Å². The van der Waals surface area contributed by atoms with Gasteiger partial charge in [-0.2, -0.15) is 0 Å². The van der Waals surface area contributed by atoms with Crippen molar-refractivity contribution in [3.05, 3.63) is 0 Å². The Bertz CT molecular complexity index is 280. The number of nitrogens with one attached hydrogen (secondary N) is 1. The Morgan fingerprint density at radius 3 is 2.50 bits per heavy atom. The average molecular weight is 225 g/mol. The molecule has 4 heteroatoms. The van der Waals surface area contributed by atoms with E-state index in [0.29, 0.717) is 12.8 Å². The van der Waals surface area contributed by atoms with Crippen LogP contribution < -0.4 is 5.32 Å². The van der Waals surface area contributed by atoms with E-state index in [9.17, 15) is 9.59 Å². The topological polar surface area (TPSA) is 66.4 Å². The van der Waals surface area contributed by atoms with Crippen LogP contribution in [0.25, 0.3) is 0 Å². The molecule has 1 amide bonds. The molecule has 0 fully saturated rings. The Morgan fingerprint density at radius 1 is 1.38 bits per heavy atom. The number of amides is 1. The van der Waals surface area contributed by atoms with Gasteiger partial charge in [0, 0.05) is 18.9 Å². The van der Waals surface area contributed by atoms with Gasteiger partial charge in [-0.1, -0.05) is 0 Å². The molecule has 0 spiro atoms. The van der Waals surface area contributed by atoms with Gasteiger partial charge in [-0.3, -0.25) is 9.59 Å². The van der Waals surface area contributed by atoms with Crippen LogP contribution in [-0.4, -0.2) is 23.0 Å². The van der Waals surface area contributed by atoms with Crippen molar-refractivity contribution >= 4 is 11.9 Å². The fraction of sp³-hybridized carbons (Fsp3) is 0.667. The highest BCUT2D eigenvalue weighted by Crippen LogP contribution is 2.04. The fourth-order valence-electron chi connectivity index (χ4n) is 1.18. The van der Waals surface area contributed by atoms with E-state index in [4.69, 9.17) is 11.5 Å². The first kappa shape index (κ1) is 14.5. The van der Waals surface area contributed by atoms with Crippen LogP contribution in [0.3, 0.4) is 0 Å². The summed E-state index contributed by atoms with van der Waals surface area (Å²) in [6.07, 6.45) is 7.73. The Morgan fingerprint density at radius 2 is 2.00 bits per heavy atom. The van der Waals surface area contributed by atoms with Crippen molar-refractivity contribution in [3.63, 3.8) is 0 Å². The maximum Gasteiger partial charge on any atom is 0.308 e. The third-order valence-corrected chi connectivity index (χ3v) is 2.50. The lowest BCUT2D eigenvalue weighted by Crippen LogP contribution is -2.39. The third-order valence-electron chi connectivity index (χ3n) is 2.50. The first-order valence-corrected chi connectivity index (χ1v) is 5.44. The van der Waals surface area contributed by atoms with Crippen molar-refractivity contribution < 1.29 is 14.7 Å². The van der Waals surface area contributed by atoms with Gasteiger partial charge in [-0.15, -0.1) is 12.3 Å². The molecule has 0 aromatic heterocycles. The number of hydrogen-bond donors (Lipinski definition) is 2. The number of carboxylic acids is 1. The highest BCUT2D eigenvalue weighted by atomic mass is 16.4. The molecule has 90 valence electrons. The van der Waals surface area contributed by atoms with Crippen LogP contribution in [0.4, 0.5) is 0 Å². The fourth-order valence-corrected chi connectivity index (χ4v) is 1.18. The summed E-state index contributed by atoms with van der Waals surface area (Å²) >= 11 is 0. The van der Waals surface area contributed by atoms with Crippen molar-refractivity contribution in [2.75, 3.05) is 0 Å². The maximum absolute atomic E-state index is 11.4. The van der Waals surface area contributed by atoms with Crippen LogP contribution in [0.5, 0.6) is 0 Å². The molecule has 0 aliphatic heterocycles. The molecule has 2 atom stereocenters. The molecule has 0 radical (unpaired) electrons. The van der Waals surface area contributed by atoms with Crippen LogP contribution in [0.2, 0.25) is 0 Å². The predicted octanol–water partition coefficient (Wildman–Crippen LogP) is 1.41. The Hall–Kier alpha value is -1.50. The standard InChI is InChI=1S/C12H19NO3/c1-4-5-6-7-8-11(14)13-10(3)9(2)12(15)16/h1,9-10H,5-8H2,2-3H3,(H,13,14)(H,15,16). The molecule has 0 saturated carbocycles. The van der Waals surface area contributed by atoms with Gasteiger partial charge < -0.3 is 10.4 Å². The molecule has 0 aliphatic rings. The highest BCUT2D eigenvalue weighted by Gasteiger charge is 2.20. The summed E-state index contributed by atoms with van der Waals surface area (Å²) in [6.45, 7) is 3.27. The number of hydrogen-bond acceptors (Lipinski definition) is 2. The van der Waals surface area contributed by atoms with Crippen molar-refractivity contribution in [1.29, 1.82) is 0 Å². The van der Waals surface area contributed by atoms with Gasteiger partial charge in [-0.25, -0.2) is 0 Å². The molecular formula is C12H19NO3. The summed E-state index contributed by atoms with van der Waals surface area (Å²) in [6, 6.07) is -0.349. The number of carboxylic acid groups (broad SMARTS) is 1. The zero-order valence-corrected chi connectivity index (χ0v) is 9.82. The van der Waals surface area contributed by atoms with E-state index in [1.165, 1.54) is 0 Å². The molecule has 0 rings (SSSR count). The number of carbonyl (C=O) groups is 2. The van der Waals surface area contributed by atoms with Gasteiger partial charge in [0.25, 0.3) is 0 Å². The van der Waals surface area contributed by atoms with Crippen molar-refractivity contribution in [2.45, 2.75) is 45.6 Å². The molecule has 2 N–H and O–H groups in total. The minimum Gasteiger partial charge on any atom is -0.481 e. The quantitative estimate of drug-likeness (QED) is 0.508. The molecule has 0 aromatic rings. The lowest BCUT2D eigenvalue weighted by molar-refractivity contribution is -0.142. The van der Waals surface area contributed by atoms with Crippen LogP contribution in [0.1, 0.15) is 39.5 Å².